The summed E-state index contributed by atoms with van der Waals surface area (Å²) in [5.74, 6) is -0.111. The Morgan fingerprint density at radius 1 is 1.16 bits per heavy atom. The van der Waals surface area contributed by atoms with E-state index in [4.69, 9.17) is 0 Å². The molecule has 6 nitrogen and oxygen atoms in total. The minimum atomic E-state index is -0.360. The number of hydrogen-bond donors (Lipinski definition) is 1. The zero-order chi connectivity index (χ0) is 21.8. The van der Waals surface area contributed by atoms with Crippen LogP contribution in [-0.2, 0) is 16.1 Å². The number of hydrogen-bond acceptors (Lipinski definition) is 3. The van der Waals surface area contributed by atoms with Gasteiger partial charge < -0.3 is 10.2 Å². The number of nitrogens with zero attached hydrogens (tertiary/aromatic N) is 3. The van der Waals surface area contributed by atoms with Gasteiger partial charge in [-0.2, -0.15) is 5.10 Å². The number of amides is 2. The Labute approximate surface area is 182 Å². The maximum absolute atomic E-state index is 12.8. The first-order valence-electron chi connectivity index (χ1n) is 10.8. The Kier molecular flexibility index (Phi) is 6.16. The van der Waals surface area contributed by atoms with Gasteiger partial charge in [0.25, 0.3) is 0 Å². The predicted molar refractivity (Wildman–Crippen MR) is 122 cm³/mol. The zero-order valence-corrected chi connectivity index (χ0v) is 18.0. The van der Waals surface area contributed by atoms with Gasteiger partial charge >= 0.3 is 0 Å². The van der Waals surface area contributed by atoms with Gasteiger partial charge in [-0.05, 0) is 47.7 Å². The molecule has 1 N–H and O–H groups in total. The zero-order valence-electron chi connectivity index (χ0n) is 18.0. The number of carbonyl (C=O) groups excluding carboxylic acids is 2. The van der Waals surface area contributed by atoms with Crippen molar-refractivity contribution in [3.05, 3.63) is 78.1 Å². The largest absolute Gasteiger partial charge is 0.326 e. The Morgan fingerprint density at radius 3 is 2.65 bits per heavy atom. The third-order valence-corrected chi connectivity index (χ3v) is 5.99. The van der Waals surface area contributed by atoms with Crippen LogP contribution in [0.2, 0.25) is 0 Å². The first-order valence-corrected chi connectivity index (χ1v) is 10.8. The molecule has 2 aromatic carbocycles. The first kappa shape index (κ1) is 20.8. The molecule has 0 aliphatic carbocycles. The van der Waals surface area contributed by atoms with Gasteiger partial charge in [-0.1, -0.05) is 44.2 Å². The van der Waals surface area contributed by atoms with Crippen molar-refractivity contribution in [3.63, 3.8) is 0 Å². The topological polar surface area (TPSA) is 67.2 Å². The predicted octanol–water partition coefficient (Wildman–Crippen LogP) is 4.44. The molecule has 2 atom stereocenters. The van der Waals surface area contributed by atoms with Gasteiger partial charge in [0.2, 0.25) is 11.8 Å². The second kappa shape index (κ2) is 9.16. The highest BCUT2D eigenvalue weighted by atomic mass is 16.2. The van der Waals surface area contributed by atoms with Crippen molar-refractivity contribution < 1.29 is 9.59 Å². The van der Waals surface area contributed by atoms with Crippen molar-refractivity contribution in [2.45, 2.75) is 39.2 Å². The second-order valence-electron chi connectivity index (χ2n) is 8.16. The van der Waals surface area contributed by atoms with E-state index in [0.717, 1.165) is 28.9 Å². The van der Waals surface area contributed by atoms with E-state index in [1.807, 2.05) is 59.4 Å². The first-order chi connectivity index (χ1) is 15.0. The summed E-state index contributed by atoms with van der Waals surface area (Å²) in [5, 5.41) is 7.18. The minimum absolute atomic E-state index is 0.00507. The van der Waals surface area contributed by atoms with Crippen molar-refractivity contribution >= 4 is 23.2 Å². The van der Waals surface area contributed by atoms with E-state index >= 15 is 0 Å². The molecule has 1 aromatic heterocycles. The summed E-state index contributed by atoms with van der Waals surface area (Å²) in [7, 11) is 0. The smallest absolute Gasteiger partial charge is 0.229 e. The fourth-order valence-corrected chi connectivity index (χ4v) is 4.00. The van der Waals surface area contributed by atoms with Crippen LogP contribution in [0.3, 0.4) is 0 Å². The van der Waals surface area contributed by atoms with E-state index in [1.165, 1.54) is 0 Å². The van der Waals surface area contributed by atoms with Crippen LogP contribution in [0.1, 0.15) is 43.7 Å². The van der Waals surface area contributed by atoms with Crippen LogP contribution in [0.15, 0.2) is 67.0 Å². The van der Waals surface area contributed by atoms with Crippen LogP contribution < -0.4 is 10.2 Å². The molecule has 2 heterocycles. The van der Waals surface area contributed by atoms with Gasteiger partial charge in [-0.15, -0.1) is 0 Å². The van der Waals surface area contributed by atoms with E-state index < -0.39 is 0 Å². The molecule has 0 bridgehead atoms. The lowest BCUT2D eigenvalue weighted by Crippen LogP contribution is -2.29. The number of anilines is 2. The summed E-state index contributed by atoms with van der Waals surface area (Å²) in [5.41, 5.74) is 3.93. The molecule has 0 saturated carbocycles. The monoisotopic (exact) mass is 416 g/mol. The van der Waals surface area contributed by atoms with Crippen molar-refractivity contribution in [2.75, 3.05) is 16.8 Å². The molecule has 4 rings (SSSR count). The van der Waals surface area contributed by atoms with Gasteiger partial charge in [0.15, 0.2) is 0 Å². The minimum Gasteiger partial charge on any atom is -0.326 e. The molecule has 1 aliphatic heterocycles. The lowest BCUT2D eigenvalue weighted by Gasteiger charge is -2.23. The molecule has 1 saturated heterocycles. The van der Waals surface area contributed by atoms with Gasteiger partial charge in [-0.25, -0.2) is 0 Å². The highest BCUT2D eigenvalue weighted by Gasteiger charge is 2.36. The maximum atomic E-state index is 12.8. The van der Waals surface area contributed by atoms with Crippen LogP contribution in [0.4, 0.5) is 11.4 Å². The van der Waals surface area contributed by atoms with Gasteiger partial charge in [0.1, 0.15) is 0 Å². The van der Waals surface area contributed by atoms with Gasteiger partial charge in [0, 0.05) is 36.7 Å². The fraction of sp³-hybridized carbons (Fsp3) is 0.320. The molecule has 0 radical (unpaired) electrons. The van der Waals surface area contributed by atoms with E-state index in [-0.39, 0.29) is 24.2 Å². The molecule has 2 amide bonds. The molecule has 3 aromatic rings. The lowest BCUT2D eigenvalue weighted by atomic mass is 9.96. The van der Waals surface area contributed by atoms with E-state index in [1.54, 1.807) is 11.1 Å². The average molecular weight is 417 g/mol. The summed E-state index contributed by atoms with van der Waals surface area (Å²) in [6.45, 7) is 5.40. The number of benzene rings is 2. The van der Waals surface area contributed by atoms with Crippen molar-refractivity contribution in [2.24, 2.45) is 5.92 Å². The highest BCUT2D eigenvalue weighted by Crippen LogP contribution is 2.33. The second-order valence-corrected chi connectivity index (χ2v) is 8.16. The average Bonchev–Trinajstić information content (AvgIpc) is 3.44. The third kappa shape index (κ3) is 4.68. The quantitative estimate of drug-likeness (QED) is 0.619. The van der Waals surface area contributed by atoms with Crippen LogP contribution in [0, 0.1) is 5.92 Å². The number of rotatable bonds is 7. The normalized spacial score (nSPS) is 17.0. The molecule has 1 aliphatic rings. The molecule has 0 spiro atoms. The highest BCUT2D eigenvalue weighted by molar-refractivity contribution is 6.03. The number of aromatic nitrogens is 2. The molecule has 160 valence electrons. The lowest BCUT2D eigenvalue weighted by molar-refractivity contribution is -0.122. The molecular weight excluding hydrogens is 388 g/mol. The summed E-state index contributed by atoms with van der Waals surface area (Å²) in [6.07, 6.45) is 4.90. The Hall–Kier alpha value is -3.41. The Morgan fingerprint density at radius 2 is 1.94 bits per heavy atom. The maximum Gasteiger partial charge on any atom is 0.229 e. The van der Waals surface area contributed by atoms with Gasteiger partial charge in [0.05, 0.1) is 12.5 Å². The van der Waals surface area contributed by atoms with Crippen LogP contribution in [-0.4, -0.2) is 28.1 Å². The van der Waals surface area contributed by atoms with Crippen molar-refractivity contribution in [3.8, 4) is 0 Å². The molecule has 1 fully saturated rings. The number of carbonyl (C=O) groups is 2. The molecule has 6 heteroatoms. The van der Waals surface area contributed by atoms with Crippen molar-refractivity contribution in [1.29, 1.82) is 0 Å². The summed E-state index contributed by atoms with van der Waals surface area (Å²) in [4.78, 5) is 27.4. The number of para-hydroxylation sites is 1. The van der Waals surface area contributed by atoms with Crippen molar-refractivity contribution in [1.82, 2.24) is 9.78 Å². The third-order valence-electron chi connectivity index (χ3n) is 5.99. The van der Waals surface area contributed by atoms with Crippen LogP contribution >= 0.6 is 0 Å². The van der Waals surface area contributed by atoms with E-state index in [2.05, 4.69) is 30.3 Å². The fourth-order valence-electron chi connectivity index (χ4n) is 4.00. The standard InChI is InChI=1S/C25H28N4O2/c1-3-18(2)22-7-4-5-8-23(22)29-17-20(15-24(29)30)25(31)27-21-11-9-19(10-12-21)16-28-14-6-13-26-28/h4-14,18,20H,3,15-17H2,1-2H3,(H,27,31). The molecule has 2 unspecified atom stereocenters. The SMILES string of the molecule is CCC(C)c1ccccc1N1CC(C(=O)Nc2ccc(Cn3cccn3)cc2)CC1=O. The van der Waals surface area contributed by atoms with Gasteiger partial charge in [-0.3, -0.25) is 14.3 Å². The summed E-state index contributed by atoms with van der Waals surface area (Å²) < 4.78 is 1.85. The Balaban J connectivity index is 1.41. The summed E-state index contributed by atoms with van der Waals surface area (Å²) >= 11 is 0. The summed E-state index contributed by atoms with van der Waals surface area (Å²) in [6, 6.07) is 17.7. The van der Waals surface area contributed by atoms with E-state index in [0.29, 0.717) is 19.0 Å². The van der Waals surface area contributed by atoms with Crippen LogP contribution in [0.25, 0.3) is 0 Å². The molecule has 31 heavy (non-hydrogen) atoms. The van der Waals surface area contributed by atoms with Crippen LogP contribution in [0.5, 0.6) is 0 Å². The van der Waals surface area contributed by atoms with E-state index in [9.17, 15) is 9.59 Å². The molecular formula is C25H28N4O2. The number of nitrogens with one attached hydrogen (secondary N) is 1. The Bertz CT molecular complexity index is 1040.